The van der Waals surface area contributed by atoms with E-state index in [0.29, 0.717) is 29.6 Å². The molecule has 7 heteroatoms. The number of fused-ring (bicyclic) bond motifs is 1. The number of rotatable bonds is 4. The van der Waals surface area contributed by atoms with Crippen LogP contribution in [0.1, 0.15) is 52.7 Å². The Hall–Kier alpha value is -2.96. The predicted molar refractivity (Wildman–Crippen MR) is 88.9 cm³/mol. The Morgan fingerprint density at radius 1 is 1.40 bits per heavy atom. The molecular weight excluding hydrogens is 320 g/mol. The summed E-state index contributed by atoms with van der Waals surface area (Å²) < 4.78 is 10.3. The summed E-state index contributed by atoms with van der Waals surface area (Å²) in [5.74, 6) is 1.54. The first kappa shape index (κ1) is 15.6. The van der Waals surface area contributed by atoms with E-state index in [1.54, 1.807) is 6.92 Å². The van der Waals surface area contributed by atoms with Crippen LogP contribution in [0.3, 0.4) is 0 Å². The number of oxazole rings is 1. The fourth-order valence-electron chi connectivity index (χ4n) is 3.17. The zero-order chi connectivity index (χ0) is 17.4. The molecule has 1 unspecified atom stereocenters. The number of carbonyl (C=O) groups is 1. The fourth-order valence-corrected chi connectivity index (χ4v) is 3.17. The van der Waals surface area contributed by atoms with E-state index in [1.165, 1.54) is 12.0 Å². The van der Waals surface area contributed by atoms with Gasteiger partial charge in [-0.2, -0.15) is 4.98 Å². The average Bonchev–Trinajstić information content (AvgIpc) is 3.34. The van der Waals surface area contributed by atoms with Gasteiger partial charge in [0, 0.05) is 12.0 Å². The highest BCUT2D eigenvalue weighted by molar-refractivity contribution is 5.93. The van der Waals surface area contributed by atoms with E-state index in [1.807, 2.05) is 19.1 Å². The van der Waals surface area contributed by atoms with Crippen molar-refractivity contribution in [2.75, 3.05) is 0 Å². The number of aromatic nitrogens is 3. The topological polar surface area (TPSA) is 94.1 Å². The molecule has 1 aliphatic carbocycles. The molecule has 4 rings (SSSR count). The fraction of sp³-hybridized carbons (Fsp3) is 0.333. The van der Waals surface area contributed by atoms with Gasteiger partial charge in [0.15, 0.2) is 12.1 Å². The van der Waals surface area contributed by atoms with Crippen LogP contribution in [0.4, 0.5) is 0 Å². The van der Waals surface area contributed by atoms with Crippen LogP contribution < -0.4 is 5.32 Å². The molecule has 7 nitrogen and oxygen atoms in total. The molecule has 0 spiro atoms. The molecule has 3 aromatic rings. The van der Waals surface area contributed by atoms with Gasteiger partial charge in [0.2, 0.25) is 11.7 Å². The molecule has 1 aliphatic rings. The Morgan fingerprint density at radius 3 is 3.00 bits per heavy atom. The molecular formula is C18H18N4O3. The second-order valence-corrected chi connectivity index (χ2v) is 6.10. The zero-order valence-electron chi connectivity index (χ0n) is 14.1. The Kier molecular flexibility index (Phi) is 3.83. The summed E-state index contributed by atoms with van der Waals surface area (Å²) in [6.45, 7) is 3.70. The van der Waals surface area contributed by atoms with Crippen molar-refractivity contribution in [2.45, 2.75) is 39.2 Å². The van der Waals surface area contributed by atoms with E-state index in [4.69, 9.17) is 8.94 Å². The molecule has 0 bridgehead atoms. The molecule has 2 heterocycles. The van der Waals surface area contributed by atoms with E-state index in [9.17, 15) is 4.79 Å². The lowest BCUT2D eigenvalue weighted by Gasteiger charge is -2.13. The highest BCUT2D eigenvalue weighted by Gasteiger charge is 2.26. The van der Waals surface area contributed by atoms with E-state index in [0.717, 1.165) is 24.0 Å². The molecule has 25 heavy (non-hydrogen) atoms. The maximum atomic E-state index is 12.4. The lowest BCUT2D eigenvalue weighted by molar-refractivity contribution is 0.0931. The van der Waals surface area contributed by atoms with Crippen LogP contribution in [0.5, 0.6) is 0 Å². The van der Waals surface area contributed by atoms with Crippen molar-refractivity contribution < 1.29 is 13.7 Å². The number of nitrogens with one attached hydrogen (secondary N) is 1. The molecule has 0 aliphatic heterocycles. The summed E-state index contributed by atoms with van der Waals surface area (Å²) in [6, 6.07) is 6.05. The third-order valence-corrected chi connectivity index (χ3v) is 4.51. The maximum Gasteiger partial charge on any atom is 0.274 e. The highest BCUT2D eigenvalue weighted by atomic mass is 16.5. The maximum absolute atomic E-state index is 12.4. The first-order valence-electron chi connectivity index (χ1n) is 8.32. The Labute approximate surface area is 144 Å². The molecule has 1 aromatic carbocycles. The number of hydrogen-bond donors (Lipinski definition) is 1. The highest BCUT2D eigenvalue weighted by Crippen LogP contribution is 2.34. The van der Waals surface area contributed by atoms with Gasteiger partial charge in [-0.3, -0.25) is 4.79 Å². The quantitative estimate of drug-likeness (QED) is 0.786. The third-order valence-electron chi connectivity index (χ3n) is 4.51. The van der Waals surface area contributed by atoms with Crippen molar-refractivity contribution in [3.63, 3.8) is 0 Å². The van der Waals surface area contributed by atoms with Gasteiger partial charge in [-0.15, -0.1) is 0 Å². The van der Waals surface area contributed by atoms with Crippen LogP contribution >= 0.6 is 0 Å². The average molecular weight is 338 g/mol. The van der Waals surface area contributed by atoms with Gasteiger partial charge in [0.1, 0.15) is 5.76 Å². The Morgan fingerprint density at radius 2 is 2.28 bits per heavy atom. The molecule has 1 amide bonds. The van der Waals surface area contributed by atoms with Crippen LogP contribution in [0.15, 0.2) is 33.5 Å². The monoisotopic (exact) mass is 338 g/mol. The van der Waals surface area contributed by atoms with Crippen molar-refractivity contribution in [1.29, 1.82) is 0 Å². The van der Waals surface area contributed by atoms with E-state index < -0.39 is 0 Å². The molecule has 1 N–H and O–H groups in total. The minimum absolute atomic E-state index is 0.0240. The van der Waals surface area contributed by atoms with E-state index >= 15 is 0 Å². The van der Waals surface area contributed by atoms with Gasteiger partial charge in [0.05, 0.1) is 6.04 Å². The Bertz CT molecular complexity index is 928. The SMILES string of the molecule is CCc1nc(-c2ccc3c(c2)CCC3NC(=O)c2ncoc2C)no1. The van der Waals surface area contributed by atoms with E-state index in [2.05, 4.69) is 26.5 Å². The lowest BCUT2D eigenvalue weighted by Crippen LogP contribution is -2.27. The smallest absolute Gasteiger partial charge is 0.274 e. The van der Waals surface area contributed by atoms with Gasteiger partial charge in [-0.25, -0.2) is 4.98 Å². The summed E-state index contributed by atoms with van der Waals surface area (Å²) in [4.78, 5) is 20.7. The van der Waals surface area contributed by atoms with E-state index in [-0.39, 0.29) is 11.9 Å². The molecule has 0 saturated heterocycles. The van der Waals surface area contributed by atoms with Crippen molar-refractivity contribution in [2.24, 2.45) is 0 Å². The lowest BCUT2D eigenvalue weighted by atomic mass is 10.0. The first-order valence-corrected chi connectivity index (χ1v) is 8.32. The van der Waals surface area contributed by atoms with Gasteiger partial charge >= 0.3 is 0 Å². The second-order valence-electron chi connectivity index (χ2n) is 6.10. The van der Waals surface area contributed by atoms with Crippen LogP contribution in [-0.4, -0.2) is 21.0 Å². The van der Waals surface area contributed by atoms with Gasteiger partial charge in [0.25, 0.3) is 5.91 Å². The molecule has 0 saturated carbocycles. The van der Waals surface area contributed by atoms with Crippen LogP contribution in [-0.2, 0) is 12.8 Å². The van der Waals surface area contributed by atoms with Crippen molar-refractivity contribution in [3.8, 4) is 11.4 Å². The molecule has 0 fully saturated rings. The molecule has 1 atom stereocenters. The van der Waals surface area contributed by atoms with Gasteiger partial charge in [-0.05, 0) is 37.0 Å². The third kappa shape index (κ3) is 2.82. The zero-order valence-corrected chi connectivity index (χ0v) is 14.1. The van der Waals surface area contributed by atoms with Crippen LogP contribution in [0.2, 0.25) is 0 Å². The summed E-state index contributed by atoms with van der Waals surface area (Å²) in [6.07, 6.45) is 3.75. The number of benzene rings is 1. The Balaban J connectivity index is 1.55. The normalized spacial score (nSPS) is 16.0. The second kappa shape index (κ2) is 6.16. The number of nitrogens with zero attached hydrogens (tertiary/aromatic N) is 3. The summed E-state index contributed by atoms with van der Waals surface area (Å²) in [5, 5.41) is 7.06. The van der Waals surface area contributed by atoms with Crippen LogP contribution in [0.25, 0.3) is 11.4 Å². The van der Waals surface area contributed by atoms with Crippen LogP contribution in [0, 0.1) is 6.92 Å². The number of amides is 1. The van der Waals surface area contributed by atoms with Crippen molar-refractivity contribution >= 4 is 5.91 Å². The van der Waals surface area contributed by atoms with Crippen molar-refractivity contribution in [1.82, 2.24) is 20.4 Å². The number of aryl methyl sites for hydroxylation is 3. The predicted octanol–water partition coefficient (Wildman–Crippen LogP) is 3.01. The van der Waals surface area contributed by atoms with Gasteiger partial charge < -0.3 is 14.3 Å². The largest absolute Gasteiger partial charge is 0.448 e. The summed E-state index contributed by atoms with van der Waals surface area (Å²) in [7, 11) is 0. The molecule has 2 aromatic heterocycles. The summed E-state index contributed by atoms with van der Waals surface area (Å²) >= 11 is 0. The van der Waals surface area contributed by atoms with Crippen molar-refractivity contribution in [3.05, 3.63) is 53.1 Å². The molecule has 128 valence electrons. The minimum Gasteiger partial charge on any atom is -0.448 e. The number of carbonyl (C=O) groups excluding carboxylic acids is 1. The summed E-state index contributed by atoms with van der Waals surface area (Å²) in [5.41, 5.74) is 3.59. The van der Waals surface area contributed by atoms with Gasteiger partial charge in [-0.1, -0.05) is 24.2 Å². The first-order chi connectivity index (χ1) is 12.2. The minimum atomic E-state index is -0.209. The number of hydrogen-bond acceptors (Lipinski definition) is 6. The standard InChI is InChI=1S/C18H18N4O3/c1-3-15-21-17(22-25-15)12-4-6-13-11(8-12)5-7-14(13)20-18(23)16-10(2)24-9-19-16/h4,6,8-9,14H,3,5,7H2,1-2H3,(H,20,23). The molecule has 0 radical (unpaired) electrons.